The van der Waals surface area contributed by atoms with Gasteiger partial charge >= 0.3 is 5.63 Å². The van der Waals surface area contributed by atoms with Crippen molar-refractivity contribution in [1.29, 1.82) is 0 Å². The molecule has 0 bridgehead atoms. The quantitative estimate of drug-likeness (QED) is 0.832. The summed E-state index contributed by atoms with van der Waals surface area (Å²) in [6.07, 6.45) is -0.0942. The van der Waals surface area contributed by atoms with Crippen molar-refractivity contribution in [1.82, 2.24) is 5.32 Å². The van der Waals surface area contributed by atoms with Crippen LogP contribution < -0.4 is 10.9 Å². The summed E-state index contributed by atoms with van der Waals surface area (Å²) in [7, 11) is 0. The van der Waals surface area contributed by atoms with Crippen LogP contribution >= 0.6 is 0 Å². The summed E-state index contributed by atoms with van der Waals surface area (Å²) in [5.74, 6) is -0.488. The molecule has 106 valence electrons. The molecule has 0 saturated carbocycles. The van der Waals surface area contributed by atoms with Crippen LogP contribution in [0.5, 0.6) is 0 Å². The summed E-state index contributed by atoms with van der Waals surface area (Å²) in [5, 5.41) is 12.6. The predicted octanol–water partition coefficient (Wildman–Crippen LogP) is 1.68. The Labute approximate surface area is 116 Å². The first-order valence-corrected chi connectivity index (χ1v) is 6.49. The van der Waals surface area contributed by atoms with E-state index in [1.807, 2.05) is 0 Å². The maximum atomic E-state index is 12.0. The van der Waals surface area contributed by atoms with E-state index in [0.29, 0.717) is 17.4 Å². The van der Waals surface area contributed by atoms with Crippen molar-refractivity contribution in [2.45, 2.75) is 32.4 Å². The first kappa shape index (κ1) is 14.3. The smallest absolute Gasteiger partial charge is 0.349 e. The van der Waals surface area contributed by atoms with Crippen LogP contribution in [0.2, 0.25) is 0 Å². The first-order valence-electron chi connectivity index (χ1n) is 6.49. The van der Waals surface area contributed by atoms with E-state index in [9.17, 15) is 14.7 Å². The summed E-state index contributed by atoms with van der Waals surface area (Å²) in [4.78, 5) is 23.8. The van der Waals surface area contributed by atoms with E-state index in [-0.39, 0.29) is 11.6 Å². The van der Waals surface area contributed by atoms with Gasteiger partial charge in [0.2, 0.25) is 0 Å². The minimum Gasteiger partial charge on any atom is -0.422 e. The minimum atomic E-state index is -0.662. The van der Waals surface area contributed by atoms with E-state index in [4.69, 9.17) is 4.42 Å². The van der Waals surface area contributed by atoms with Crippen molar-refractivity contribution < 1.29 is 14.3 Å². The number of nitrogens with one attached hydrogen (secondary N) is 1. The fraction of sp³-hybridized carbons (Fsp3) is 0.333. The summed E-state index contributed by atoms with van der Waals surface area (Å²) in [5.41, 5.74) is -0.238. The Bertz CT molecular complexity index is 675. The second kappa shape index (κ2) is 5.88. The number of hydrogen-bond donors (Lipinski definition) is 2. The van der Waals surface area contributed by atoms with Gasteiger partial charge in [-0.25, -0.2) is 4.79 Å². The maximum absolute atomic E-state index is 12.0. The molecular weight excluding hydrogens is 258 g/mol. The van der Waals surface area contributed by atoms with Gasteiger partial charge in [0.25, 0.3) is 5.91 Å². The van der Waals surface area contributed by atoms with Gasteiger partial charge in [0.05, 0.1) is 6.10 Å². The number of carbonyl (C=O) groups is 1. The molecule has 2 aromatic rings. The average molecular weight is 275 g/mol. The molecule has 2 unspecified atom stereocenters. The van der Waals surface area contributed by atoms with Gasteiger partial charge in [0, 0.05) is 11.4 Å². The topological polar surface area (TPSA) is 79.5 Å². The predicted molar refractivity (Wildman–Crippen MR) is 75.7 cm³/mol. The molecule has 5 heteroatoms. The van der Waals surface area contributed by atoms with Gasteiger partial charge in [-0.1, -0.05) is 18.2 Å². The molecule has 5 nitrogen and oxygen atoms in total. The highest BCUT2D eigenvalue weighted by Crippen LogP contribution is 2.12. The molecule has 2 rings (SSSR count). The number of para-hydroxylation sites is 1. The lowest BCUT2D eigenvalue weighted by Crippen LogP contribution is -2.36. The fourth-order valence-corrected chi connectivity index (χ4v) is 2.09. The van der Waals surface area contributed by atoms with Gasteiger partial charge in [-0.05, 0) is 32.4 Å². The molecule has 1 amide bonds. The van der Waals surface area contributed by atoms with Crippen LogP contribution in [-0.2, 0) is 0 Å². The minimum absolute atomic E-state index is 0.0267. The fourth-order valence-electron chi connectivity index (χ4n) is 2.09. The summed E-state index contributed by atoms with van der Waals surface area (Å²) >= 11 is 0. The van der Waals surface area contributed by atoms with Crippen molar-refractivity contribution in [3.63, 3.8) is 0 Å². The number of benzene rings is 1. The molecule has 20 heavy (non-hydrogen) atoms. The highest BCUT2D eigenvalue weighted by molar-refractivity contribution is 5.96. The van der Waals surface area contributed by atoms with Crippen LogP contribution in [0.3, 0.4) is 0 Å². The summed E-state index contributed by atoms with van der Waals surface area (Å²) in [6.45, 7) is 3.42. The Morgan fingerprint density at radius 1 is 1.35 bits per heavy atom. The van der Waals surface area contributed by atoms with E-state index in [2.05, 4.69) is 5.32 Å². The lowest BCUT2D eigenvalue weighted by molar-refractivity contribution is 0.0919. The Kier molecular flexibility index (Phi) is 4.20. The van der Waals surface area contributed by atoms with Gasteiger partial charge < -0.3 is 14.8 Å². The number of hydrogen-bond acceptors (Lipinski definition) is 4. The average Bonchev–Trinajstić information content (AvgIpc) is 2.36. The Hall–Kier alpha value is -2.14. The molecule has 1 aromatic carbocycles. The van der Waals surface area contributed by atoms with Gasteiger partial charge in [0.1, 0.15) is 11.1 Å². The largest absolute Gasteiger partial charge is 0.422 e. The zero-order chi connectivity index (χ0) is 14.7. The lowest BCUT2D eigenvalue weighted by atomic mass is 10.1. The standard InChI is InChI=1S/C15H17NO4/c1-9(7-10(2)17)16-14(18)12-8-11-5-3-4-6-13(11)20-15(12)19/h3-6,8-10,17H,7H2,1-2H3,(H,16,18). The third kappa shape index (κ3) is 3.24. The molecule has 0 aliphatic rings. The van der Waals surface area contributed by atoms with Crippen LogP contribution in [0.25, 0.3) is 11.0 Å². The van der Waals surface area contributed by atoms with E-state index in [1.165, 1.54) is 6.07 Å². The molecule has 2 N–H and O–H groups in total. The van der Waals surface area contributed by atoms with Gasteiger partial charge in [-0.15, -0.1) is 0 Å². The van der Waals surface area contributed by atoms with E-state index >= 15 is 0 Å². The van der Waals surface area contributed by atoms with Crippen LogP contribution in [0.4, 0.5) is 0 Å². The Balaban J connectivity index is 2.26. The van der Waals surface area contributed by atoms with Crippen molar-refractivity contribution >= 4 is 16.9 Å². The van der Waals surface area contributed by atoms with Crippen molar-refractivity contribution in [3.8, 4) is 0 Å². The number of carbonyl (C=O) groups excluding carboxylic acids is 1. The monoisotopic (exact) mass is 275 g/mol. The van der Waals surface area contributed by atoms with Crippen LogP contribution in [0.1, 0.15) is 30.6 Å². The maximum Gasteiger partial charge on any atom is 0.349 e. The van der Waals surface area contributed by atoms with Gasteiger partial charge in [-0.2, -0.15) is 0 Å². The van der Waals surface area contributed by atoms with Crippen molar-refractivity contribution in [2.24, 2.45) is 0 Å². The molecule has 1 heterocycles. The molecule has 0 aliphatic carbocycles. The molecular formula is C15H17NO4. The highest BCUT2D eigenvalue weighted by atomic mass is 16.4. The molecule has 0 radical (unpaired) electrons. The number of aliphatic hydroxyl groups excluding tert-OH is 1. The third-order valence-electron chi connectivity index (χ3n) is 2.96. The molecule has 2 atom stereocenters. The Morgan fingerprint density at radius 2 is 2.05 bits per heavy atom. The van der Waals surface area contributed by atoms with Gasteiger partial charge in [-0.3, -0.25) is 4.79 Å². The van der Waals surface area contributed by atoms with E-state index < -0.39 is 17.6 Å². The number of rotatable bonds is 4. The normalized spacial score (nSPS) is 13.9. The zero-order valence-corrected chi connectivity index (χ0v) is 11.4. The molecule has 0 aliphatic heterocycles. The zero-order valence-electron chi connectivity index (χ0n) is 11.4. The second-order valence-electron chi connectivity index (χ2n) is 4.94. The first-order chi connectivity index (χ1) is 9.47. The molecule has 0 fully saturated rings. The van der Waals surface area contributed by atoms with Crippen LogP contribution in [0.15, 0.2) is 39.5 Å². The molecule has 0 saturated heterocycles. The molecule has 0 spiro atoms. The third-order valence-corrected chi connectivity index (χ3v) is 2.96. The van der Waals surface area contributed by atoms with Gasteiger partial charge in [0.15, 0.2) is 0 Å². The Morgan fingerprint density at radius 3 is 2.75 bits per heavy atom. The van der Waals surface area contributed by atoms with Crippen LogP contribution in [0, 0.1) is 0 Å². The van der Waals surface area contributed by atoms with Crippen molar-refractivity contribution in [3.05, 3.63) is 46.3 Å². The van der Waals surface area contributed by atoms with Crippen LogP contribution in [-0.4, -0.2) is 23.2 Å². The van der Waals surface area contributed by atoms with Crippen molar-refractivity contribution in [2.75, 3.05) is 0 Å². The summed E-state index contributed by atoms with van der Waals surface area (Å²) < 4.78 is 5.11. The van der Waals surface area contributed by atoms with E-state index in [1.54, 1.807) is 38.1 Å². The second-order valence-corrected chi connectivity index (χ2v) is 4.94. The number of aliphatic hydroxyl groups is 1. The SMILES string of the molecule is CC(O)CC(C)NC(=O)c1cc2ccccc2oc1=O. The molecule has 1 aromatic heterocycles. The highest BCUT2D eigenvalue weighted by Gasteiger charge is 2.16. The summed E-state index contributed by atoms with van der Waals surface area (Å²) in [6, 6.07) is 8.30. The number of fused-ring (bicyclic) bond motifs is 1. The van der Waals surface area contributed by atoms with E-state index in [0.717, 1.165) is 0 Å². The number of amides is 1. The lowest BCUT2D eigenvalue weighted by Gasteiger charge is -2.15.